The lowest BCUT2D eigenvalue weighted by atomic mass is 10.3. The fraction of sp³-hybridized carbons (Fsp3) is 0. The molecule has 0 saturated carbocycles. The molecule has 142 valence electrons. The van der Waals surface area contributed by atoms with Crippen LogP contribution in [-0.4, -0.2) is 19.2 Å². The Morgan fingerprint density at radius 1 is 1.00 bits per heavy atom. The normalized spacial score (nSPS) is 12.1. The molecule has 4 aromatic rings. The third-order valence-electron chi connectivity index (χ3n) is 3.74. The second-order valence-corrected chi connectivity index (χ2v) is 7.63. The Balaban J connectivity index is 1.64. The van der Waals surface area contributed by atoms with Crippen LogP contribution in [0.25, 0.3) is 10.3 Å². The monoisotopic (exact) mass is 418 g/mol. The van der Waals surface area contributed by atoms with E-state index in [0.717, 1.165) is 12.1 Å². The number of halogens is 2. The standard InChI is InChI=1S/C17H12F2N6OS2/c18-11-2-1-3-12(19)13(11)24-15-14-16(22-8-21-15)25-17(27-14)23-9-4-6-10(7-5-9)28(20)26/h1-8H,20H2,(H2,21,22,23,24,25). The van der Waals surface area contributed by atoms with Crippen molar-refractivity contribution in [2.24, 2.45) is 5.14 Å². The minimum atomic E-state index is -1.55. The zero-order chi connectivity index (χ0) is 19.7. The Kier molecular flexibility index (Phi) is 4.94. The summed E-state index contributed by atoms with van der Waals surface area (Å²) in [6.45, 7) is 0. The average molecular weight is 418 g/mol. The van der Waals surface area contributed by atoms with E-state index in [4.69, 9.17) is 5.14 Å². The summed E-state index contributed by atoms with van der Waals surface area (Å²) in [7, 11) is -1.55. The van der Waals surface area contributed by atoms with Gasteiger partial charge in [0.05, 0.1) is 4.90 Å². The minimum absolute atomic E-state index is 0.244. The van der Waals surface area contributed by atoms with E-state index in [1.54, 1.807) is 24.3 Å². The molecular weight excluding hydrogens is 406 g/mol. The van der Waals surface area contributed by atoms with E-state index in [2.05, 4.69) is 25.6 Å². The van der Waals surface area contributed by atoms with E-state index >= 15 is 0 Å². The first kappa shape index (κ1) is 18.3. The number of nitrogens with zero attached hydrogens (tertiary/aromatic N) is 3. The summed E-state index contributed by atoms with van der Waals surface area (Å²) in [6, 6.07) is 10.3. The predicted molar refractivity (Wildman–Crippen MR) is 105 cm³/mol. The van der Waals surface area contributed by atoms with Crippen LogP contribution in [0.4, 0.5) is 31.1 Å². The molecule has 0 bridgehead atoms. The van der Waals surface area contributed by atoms with Crippen molar-refractivity contribution >= 4 is 55.0 Å². The van der Waals surface area contributed by atoms with E-state index < -0.39 is 22.6 Å². The van der Waals surface area contributed by atoms with Gasteiger partial charge in [-0.1, -0.05) is 17.4 Å². The van der Waals surface area contributed by atoms with Crippen molar-refractivity contribution < 1.29 is 13.0 Å². The quantitative estimate of drug-likeness (QED) is 0.455. The smallest absolute Gasteiger partial charge is 0.189 e. The molecule has 2 aromatic carbocycles. The Hall–Kier alpha value is -3.02. The highest BCUT2D eigenvalue weighted by atomic mass is 32.2. The number of fused-ring (bicyclic) bond motifs is 1. The number of nitrogens with one attached hydrogen (secondary N) is 2. The Labute approximate surface area is 164 Å². The van der Waals surface area contributed by atoms with Gasteiger partial charge in [-0.3, -0.25) is 0 Å². The molecule has 0 fully saturated rings. The molecule has 4 N–H and O–H groups in total. The summed E-state index contributed by atoms with van der Waals surface area (Å²) in [5.41, 5.74) is 0.785. The van der Waals surface area contributed by atoms with Gasteiger partial charge in [0.2, 0.25) is 0 Å². The molecule has 2 heterocycles. The number of benzene rings is 2. The Morgan fingerprint density at radius 2 is 1.71 bits per heavy atom. The summed E-state index contributed by atoms with van der Waals surface area (Å²) >= 11 is 1.22. The van der Waals surface area contributed by atoms with Gasteiger partial charge in [-0.15, -0.1) is 0 Å². The third-order valence-corrected chi connectivity index (χ3v) is 5.44. The van der Waals surface area contributed by atoms with Gasteiger partial charge in [0.1, 0.15) is 39.3 Å². The molecule has 1 unspecified atom stereocenters. The van der Waals surface area contributed by atoms with Crippen LogP contribution in [0, 0.1) is 11.6 Å². The van der Waals surface area contributed by atoms with Crippen LogP contribution in [0.3, 0.4) is 0 Å². The zero-order valence-corrected chi connectivity index (χ0v) is 15.7. The van der Waals surface area contributed by atoms with Crippen molar-refractivity contribution in [1.82, 2.24) is 15.0 Å². The fourth-order valence-electron chi connectivity index (χ4n) is 2.43. The number of hydrogen-bond donors (Lipinski definition) is 3. The molecule has 11 heteroatoms. The van der Waals surface area contributed by atoms with Crippen molar-refractivity contribution in [2.75, 3.05) is 10.6 Å². The SMILES string of the molecule is NS(=O)c1ccc(Nc2nc3ncnc(Nc4c(F)cccc4F)c3s2)cc1. The lowest BCUT2D eigenvalue weighted by Gasteiger charge is -2.07. The summed E-state index contributed by atoms with van der Waals surface area (Å²) in [6.07, 6.45) is 1.26. The highest BCUT2D eigenvalue weighted by molar-refractivity contribution is 7.82. The van der Waals surface area contributed by atoms with Crippen LogP contribution in [0.1, 0.15) is 0 Å². The van der Waals surface area contributed by atoms with Crippen LogP contribution >= 0.6 is 11.3 Å². The number of anilines is 4. The number of rotatable bonds is 5. The highest BCUT2D eigenvalue weighted by Gasteiger charge is 2.15. The largest absolute Gasteiger partial charge is 0.334 e. The second kappa shape index (κ2) is 7.54. The van der Waals surface area contributed by atoms with Crippen LogP contribution in [0.2, 0.25) is 0 Å². The lowest BCUT2D eigenvalue weighted by Crippen LogP contribution is -2.02. The maximum absolute atomic E-state index is 13.9. The maximum atomic E-state index is 13.9. The molecule has 2 aromatic heterocycles. The number of hydrogen-bond acceptors (Lipinski definition) is 7. The van der Waals surface area contributed by atoms with Crippen LogP contribution in [0.5, 0.6) is 0 Å². The molecule has 0 radical (unpaired) electrons. The third kappa shape index (κ3) is 3.67. The maximum Gasteiger partial charge on any atom is 0.189 e. The molecule has 0 saturated heterocycles. The summed E-state index contributed by atoms with van der Waals surface area (Å²) in [4.78, 5) is 13.0. The first-order chi connectivity index (χ1) is 13.5. The average Bonchev–Trinajstić information content (AvgIpc) is 3.08. The van der Waals surface area contributed by atoms with Gasteiger partial charge < -0.3 is 10.6 Å². The molecule has 0 amide bonds. The van der Waals surface area contributed by atoms with Crippen LogP contribution in [-0.2, 0) is 11.0 Å². The summed E-state index contributed by atoms with van der Waals surface area (Å²) in [5.74, 6) is -1.22. The van der Waals surface area contributed by atoms with Gasteiger partial charge in [0.15, 0.2) is 16.6 Å². The van der Waals surface area contributed by atoms with E-state index in [1.807, 2.05) is 0 Å². The Morgan fingerprint density at radius 3 is 2.39 bits per heavy atom. The van der Waals surface area contributed by atoms with Crippen LogP contribution in [0.15, 0.2) is 53.7 Å². The molecule has 0 spiro atoms. The van der Waals surface area contributed by atoms with Gasteiger partial charge in [-0.25, -0.2) is 28.1 Å². The second-order valence-electron chi connectivity index (χ2n) is 5.56. The molecule has 0 aliphatic heterocycles. The highest BCUT2D eigenvalue weighted by Crippen LogP contribution is 2.33. The molecule has 4 rings (SSSR count). The fourth-order valence-corrected chi connectivity index (χ4v) is 3.72. The minimum Gasteiger partial charge on any atom is -0.334 e. The van der Waals surface area contributed by atoms with Gasteiger partial charge in [-0.2, -0.15) is 4.98 Å². The predicted octanol–water partition coefficient (Wildman–Crippen LogP) is 3.83. The van der Waals surface area contributed by atoms with Gasteiger partial charge in [0, 0.05) is 5.69 Å². The number of para-hydroxylation sites is 1. The molecule has 28 heavy (non-hydrogen) atoms. The number of thiazole rings is 1. The van der Waals surface area contributed by atoms with Crippen LogP contribution < -0.4 is 15.8 Å². The van der Waals surface area contributed by atoms with Crippen molar-refractivity contribution in [2.45, 2.75) is 4.90 Å². The van der Waals surface area contributed by atoms with E-state index in [0.29, 0.717) is 26.1 Å². The van der Waals surface area contributed by atoms with Gasteiger partial charge in [0.25, 0.3) is 0 Å². The first-order valence-electron chi connectivity index (χ1n) is 7.87. The summed E-state index contributed by atoms with van der Waals surface area (Å²) in [5, 5.41) is 11.6. The summed E-state index contributed by atoms with van der Waals surface area (Å²) < 4.78 is 39.6. The molecule has 0 aliphatic carbocycles. The number of nitrogens with two attached hydrogens (primary N) is 1. The molecule has 1 atom stereocenters. The van der Waals surface area contributed by atoms with Crippen molar-refractivity contribution in [3.8, 4) is 0 Å². The lowest BCUT2D eigenvalue weighted by molar-refractivity contribution is 0.590. The topological polar surface area (TPSA) is 106 Å². The van der Waals surface area contributed by atoms with Crippen molar-refractivity contribution in [1.29, 1.82) is 0 Å². The zero-order valence-electron chi connectivity index (χ0n) is 14.0. The molecule has 0 aliphatic rings. The van der Waals surface area contributed by atoms with E-state index in [1.165, 1.54) is 23.7 Å². The number of aromatic nitrogens is 3. The van der Waals surface area contributed by atoms with Crippen molar-refractivity contribution in [3.63, 3.8) is 0 Å². The Bertz CT molecular complexity index is 1160. The first-order valence-corrected chi connectivity index (χ1v) is 9.90. The van der Waals surface area contributed by atoms with Gasteiger partial charge >= 0.3 is 0 Å². The molecule has 7 nitrogen and oxygen atoms in total. The van der Waals surface area contributed by atoms with E-state index in [9.17, 15) is 13.0 Å². The molecular formula is C17H12F2N6OS2. The van der Waals surface area contributed by atoms with Crippen molar-refractivity contribution in [3.05, 3.63) is 60.4 Å². The van der Waals surface area contributed by atoms with Gasteiger partial charge in [-0.05, 0) is 36.4 Å². The van der Waals surface area contributed by atoms with E-state index in [-0.39, 0.29) is 11.5 Å².